The molecule has 37 heavy (non-hydrogen) atoms. The number of nitrogens with zero attached hydrogens (tertiary/aromatic N) is 5. The standard InChI is InChI=1S/C27H40ClN7O2/c1-4-21-17-34(26-24(28)31-23(25(29)32-26)27(37)30-15-19(3)36)13-14-35(21)22-9-11-33(12-10-22)16-20-7-5-18(2)6-8-20/h5-8,19,21-22,36H,4,9-17H2,1-3H3,(H2,29,32)(H,30,37)/t19?,21-/m0/s1. The lowest BCUT2D eigenvalue weighted by atomic mass is 9.98. The van der Waals surface area contributed by atoms with Crippen molar-refractivity contribution in [2.45, 2.75) is 64.8 Å². The minimum atomic E-state index is -0.671. The van der Waals surface area contributed by atoms with E-state index in [1.165, 1.54) is 24.0 Å². The Kier molecular flexibility index (Phi) is 9.23. The number of piperidine rings is 1. The van der Waals surface area contributed by atoms with E-state index in [9.17, 15) is 9.90 Å². The first kappa shape index (κ1) is 27.6. The fourth-order valence-corrected chi connectivity index (χ4v) is 5.62. The quantitative estimate of drug-likeness (QED) is 0.478. The number of hydrogen-bond donors (Lipinski definition) is 3. The lowest BCUT2D eigenvalue weighted by Crippen LogP contribution is -2.58. The summed E-state index contributed by atoms with van der Waals surface area (Å²) < 4.78 is 0. The van der Waals surface area contributed by atoms with E-state index in [-0.39, 0.29) is 23.2 Å². The molecule has 0 aliphatic carbocycles. The van der Waals surface area contributed by atoms with Gasteiger partial charge in [-0.15, -0.1) is 0 Å². The number of aliphatic hydroxyl groups is 1. The van der Waals surface area contributed by atoms with E-state index in [4.69, 9.17) is 17.3 Å². The summed E-state index contributed by atoms with van der Waals surface area (Å²) >= 11 is 6.49. The SMILES string of the molecule is CC[C@H]1CN(c2nc(N)c(C(=O)NCC(C)O)nc2Cl)CCN1C1CCN(Cc2ccc(C)cc2)CC1. The van der Waals surface area contributed by atoms with Gasteiger partial charge in [-0.05, 0) is 51.8 Å². The molecule has 2 aromatic rings. The zero-order chi connectivity index (χ0) is 26.5. The van der Waals surface area contributed by atoms with Crippen molar-refractivity contribution in [3.8, 4) is 0 Å². The summed E-state index contributed by atoms with van der Waals surface area (Å²) in [6.45, 7) is 11.8. The Labute approximate surface area is 225 Å². The second-order valence-corrected chi connectivity index (χ2v) is 10.7. The molecular formula is C27H40ClN7O2. The number of anilines is 2. The number of carbonyl (C=O) groups is 1. The maximum absolute atomic E-state index is 12.4. The predicted molar refractivity (Wildman–Crippen MR) is 148 cm³/mol. The first-order chi connectivity index (χ1) is 17.7. The van der Waals surface area contributed by atoms with E-state index in [2.05, 4.69) is 68.1 Å². The molecule has 2 fully saturated rings. The molecule has 1 unspecified atom stereocenters. The third-order valence-electron chi connectivity index (χ3n) is 7.49. The summed E-state index contributed by atoms with van der Waals surface area (Å²) in [7, 11) is 0. The maximum Gasteiger partial charge on any atom is 0.273 e. The van der Waals surface area contributed by atoms with Crippen LogP contribution < -0.4 is 16.0 Å². The molecule has 1 aromatic heterocycles. The second-order valence-electron chi connectivity index (χ2n) is 10.4. The van der Waals surface area contributed by atoms with Crippen LogP contribution in [-0.2, 0) is 6.54 Å². The minimum absolute atomic E-state index is 0.0162. The van der Waals surface area contributed by atoms with E-state index in [1.807, 2.05) is 0 Å². The summed E-state index contributed by atoms with van der Waals surface area (Å²) in [6.07, 6.45) is 2.70. The zero-order valence-corrected chi connectivity index (χ0v) is 22.9. The Balaban J connectivity index is 1.35. The van der Waals surface area contributed by atoms with Crippen molar-refractivity contribution in [1.29, 1.82) is 0 Å². The van der Waals surface area contributed by atoms with Crippen molar-refractivity contribution in [3.63, 3.8) is 0 Å². The van der Waals surface area contributed by atoms with E-state index in [0.29, 0.717) is 17.9 Å². The first-order valence-electron chi connectivity index (χ1n) is 13.3. The van der Waals surface area contributed by atoms with Gasteiger partial charge >= 0.3 is 0 Å². The van der Waals surface area contributed by atoms with Gasteiger partial charge in [0.05, 0.1) is 6.10 Å². The van der Waals surface area contributed by atoms with E-state index in [1.54, 1.807) is 6.92 Å². The third-order valence-corrected chi connectivity index (χ3v) is 7.74. The number of nitrogens with two attached hydrogens (primary N) is 1. The molecule has 4 rings (SSSR count). The Bertz CT molecular complexity index is 1060. The molecule has 2 atom stereocenters. The Morgan fingerprint density at radius 1 is 1.19 bits per heavy atom. The smallest absolute Gasteiger partial charge is 0.273 e. The molecule has 3 heterocycles. The molecule has 9 nitrogen and oxygen atoms in total. The number of carbonyl (C=O) groups excluding carboxylic acids is 1. The highest BCUT2D eigenvalue weighted by atomic mass is 35.5. The number of likely N-dealkylation sites (tertiary alicyclic amines) is 1. The van der Waals surface area contributed by atoms with Gasteiger partial charge in [0.15, 0.2) is 22.5 Å². The molecule has 2 saturated heterocycles. The van der Waals surface area contributed by atoms with Crippen LogP contribution in [0.25, 0.3) is 0 Å². The third kappa shape index (κ3) is 6.90. The molecular weight excluding hydrogens is 490 g/mol. The van der Waals surface area contributed by atoms with Gasteiger partial charge in [0.2, 0.25) is 0 Å². The van der Waals surface area contributed by atoms with Crippen molar-refractivity contribution in [3.05, 3.63) is 46.2 Å². The number of aliphatic hydroxyl groups excluding tert-OH is 1. The van der Waals surface area contributed by atoms with Crippen LogP contribution in [-0.4, -0.2) is 88.2 Å². The number of aromatic nitrogens is 2. The number of halogens is 1. The number of rotatable bonds is 8. The van der Waals surface area contributed by atoms with Crippen molar-refractivity contribution in [1.82, 2.24) is 25.1 Å². The van der Waals surface area contributed by atoms with Gasteiger partial charge in [-0.3, -0.25) is 14.6 Å². The van der Waals surface area contributed by atoms with Gasteiger partial charge in [-0.1, -0.05) is 48.4 Å². The predicted octanol–water partition coefficient (Wildman–Crippen LogP) is 2.70. The first-order valence-corrected chi connectivity index (χ1v) is 13.7. The normalized spacial score (nSPS) is 20.7. The number of amides is 1. The maximum atomic E-state index is 12.4. The van der Waals surface area contributed by atoms with Gasteiger partial charge in [0, 0.05) is 44.8 Å². The number of aryl methyl sites for hydroxylation is 1. The molecule has 10 heteroatoms. The van der Waals surface area contributed by atoms with Gasteiger partial charge in [-0.25, -0.2) is 9.97 Å². The lowest BCUT2D eigenvalue weighted by Gasteiger charge is -2.47. The summed E-state index contributed by atoms with van der Waals surface area (Å²) in [5.41, 5.74) is 8.76. The molecule has 1 amide bonds. The molecule has 0 radical (unpaired) electrons. The van der Waals surface area contributed by atoms with E-state index < -0.39 is 12.0 Å². The molecule has 2 aliphatic heterocycles. The largest absolute Gasteiger partial charge is 0.392 e. The number of nitrogens with one attached hydrogen (secondary N) is 1. The fourth-order valence-electron chi connectivity index (χ4n) is 5.38. The summed E-state index contributed by atoms with van der Waals surface area (Å²) in [6, 6.07) is 9.82. The molecule has 0 bridgehead atoms. The monoisotopic (exact) mass is 529 g/mol. The van der Waals surface area contributed by atoms with Crippen molar-refractivity contribution in [2.75, 3.05) is 49.9 Å². The number of benzene rings is 1. The Morgan fingerprint density at radius 2 is 1.89 bits per heavy atom. The fraction of sp³-hybridized carbons (Fsp3) is 0.593. The van der Waals surface area contributed by atoms with Crippen LogP contribution in [0.5, 0.6) is 0 Å². The molecule has 2 aliphatic rings. The zero-order valence-electron chi connectivity index (χ0n) is 22.2. The Hall–Kier alpha value is -2.46. The van der Waals surface area contributed by atoms with Gasteiger partial charge < -0.3 is 21.1 Å². The lowest BCUT2D eigenvalue weighted by molar-refractivity contribution is 0.0610. The number of nitrogen functional groups attached to an aromatic ring is 1. The van der Waals surface area contributed by atoms with Crippen LogP contribution in [0.2, 0.25) is 5.15 Å². The van der Waals surface area contributed by atoms with Crippen LogP contribution in [0.4, 0.5) is 11.6 Å². The van der Waals surface area contributed by atoms with E-state index in [0.717, 1.165) is 45.7 Å². The average molecular weight is 530 g/mol. The summed E-state index contributed by atoms with van der Waals surface area (Å²) in [5.74, 6) is 0.0699. The summed E-state index contributed by atoms with van der Waals surface area (Å²) in [5, 5.41) is 12.2. The van der Waals surface area contributed by atoms with Crippen LogP contribution in [0.1, 0.15) is 54.7 Å². The van der Waals surface area contributed by atoms with Crippen molar-refractivity contribution < 1.29 is 9.90 Å². The highest BCUT2D eigenvalue weighted by Crippen LogP contribution is 2.30. The highest BCUT2D eigenvalue weighted by Gasteiger charge is 2.34. The molecule has 202 valence electrons. The molecule has 4 N–H and O–H groups in total. The second kappa shape index (κ2) is 12.4. The van der Waals surface area contributed by atoms with Crippen LogP contribution in [0, 0.1) is 6.92 Å². The highest BCUT2D eigenvalue weighted by molar-refractivity contribution is 6.32. The summed E-state index contributed by atoms with van der Waals surface area (Å²) in [4.78, 5) is 28.5. The van der Waals surface area contributed by atoms with Crippen molar-refractivity contribution >= 4 is 29.1 Å². The minimum Gasteiger partial charge on any atom is -0.392 e. The van der Waals surface area contributed by atoms with Crippen LogP contribution >= 0.6 is 11.6 Å². The van der Waals surface area contributed by atoms with Gasteiger partial charge in [0.1, 0.15) is 0 Å². The van der Waals surface area contributed by atoms with E-state index >= 15 is 0 Å². The van der Waals surface area contributed by atoms with Crippen LogP contribution in [0.3, 0.4) is 0 Å². The van der Waals surface area contributed by atoms with Gasteiger partial charge in [-0.2, -0.15) is 0 Å². The average Bonchev–Trinajstić information content (AvgIpc) is 2.89. The topological polar surface area (TPSA) is 111 Å². The van der Waals surface area contributed by atoms with Crippen LogP contribution in [0.15, 0.2) is 24.3 Å². The molecule has 1 aromatic carbocycles. The number of piperazine rings is 1. The van der Waals surface area contributed by atoms with Crippen molar-refractivity contribution in [2.24, 2.45) is 0 Å². The number of hydrogen-bond acceptors (Lipinski definition) is 8. The molecule has 0 spiro atoms. The Morgan fingerprint density at radius 3 is 2.54 bits per heavy atom. The van der Waals surface area contributed by atoms with Gasteiger partial charge in [0.25, 0.3) is 5.91 Å². The molecule has 0 saturated carbocycles.